The molecule has 5 heteroatoms. The summed E-state index contributed by atoms with van der Waals surface area (Å²) in [4.78, 5) is 23.7. The lowest BCUT2D eigenvalue weighted by atomic mass is 10.0. The molecule has 0 saturated carbocycles. The molecular weight excluding hydrogens is 174 g/mol. The molecule has 2 aliphatic heterocycles. The number of nitrogens with zero attached hydrogens (tertiary/aromatic N) is 1. The van der Waals surface area contributed by atoms with Crippen LogP contribution in [0.3, 0.4) is 0 Å². The maximum absolute atomic E-state index is 11.3. The van der Waals surface area contributed by atoms with Crippen LogP contribution in [0.4, 0.5) is 0 Å². The van der Waals surface area contributed by atoms with E-state index in [2.05, 4.69) is 0 Å². The number of carboxylic acids is 1. The Morgan fingerprint density at radius 2 is 2.38 bits per heavy atom. The number of rotatable bonds is 1. The summed E-state index contributed by atoms with van der Waals surface area (Å²) >= 11 is 0. The van der Waals surface area contributed by atoms with Crippen LogP contribution in [0, 0.1) is 5.92 Å². The Hall–Kier alpha value is -1.10. The molecule has 1 amide bonds. The lowest BCUT2D eigenvalue weighted by Crippen LogP contribution is -2.46. The summed E-state index contributed by atoms with van der Waals surface area (Å²) in [5, 5.41) is 8.84. The second-order valence-electron chi connectivity index (χ2n) is 3.38. The molecule has 0 aromatic heterocycles. The zero-order valence-electron chi connectivity index (χ0n) is 7.10. The molecule has 2 unspecified atom stereocenters. The van der Waals surface area contributed by atoms with E-state index < -0.39 is 11.9 Å². The fourth-order valence-corrected chi connectivity index (χ4v) is 1.96. The van der Waals surface area contributed by atoms with Crippen LogP contribution in [-0.4, -0.2) is 47.7 Å². The number of fused-ring (bicyclic) bond motifs is 1. The first-order chi connectivity index (χ1) is 6.20. The number of hydrogen-bond acceptors (Lipinski definition) is 3. The van der Waals surface area contributed by atoms with Crippen molar-refractivity contribution in [2.45, 2.75) is 12.5 Å². The van der Waals surface area contributed by atoms with E-state index >= 15 is 0 Å². The van der Waals surface area contributed by atoms with Crippen LogP contribution in [-0.2, 0) is 14.3 Å². The smallest absolute Gasteiger partial charge is 0.309 e. The van der Waals surface area contributed by atoms with E-state index in [1.54, 1.807) is 4.90 Å². The maximum atomic E-state index is 11.3. The molecule has 0 aromatic carbocycles. The van der Waals surface area contributed by atoms with E-state index in [0.717, 1.165) is 0 Å². The molecule has 0 bridgehead atoms. The van der Waals surface area contributed by atoms with E-state index in [9.17, 15) is 9.59 Å². The van der Waals surface area contributed by atoms with Crippen molar-refractivity contribution in [3.8, 4) is 0 Å². The average Bonchev–Trinajstić information content (AvgIpc) is 2.45. The van der Waals surface area contributed by atoms with Crippen LogP contribution in [0.25, 0.3) is 0 Å². The summed E-state index contributed by atoms with van der Waals surface area (Å²) in [6, 6.07) is -0.237. The highest BCUT2D eigenvalue weighted by atomic mass is 16.5. The highest BCUT2D eigenvalue weighted by molar-refractivity contribution is 5.87. The predicted octanol–water partition coefficient (Wildman–Crippen LogP) is -0.682. The third-order valence-electron chi connectivity index (χ3n) is 2.66. The summed E-state index contributed by atoms with van der Waals surface area (Å²) in [6.45, 7) is 1.42. The van der Waals surface area contributed by atoms with Gasteiger partial charge >= 0.3 is 5.97 Å². The maximum Gasteiger partial charge on any atom is 0.309 e. The fourth-order valence-electron chi connectivity index (χ4n) is 1.96. The Morgan fingerprint density at radius 3 is 3.08 bits per heavy atom. The largest absolute Gasteiger partial charge is 0.481 e. The highest BCUT2D eigenvalue weighted by Gasteiger charge is 2.45. The highest BCUT2D eigenvalue weighted by Crippen LogP contribution is 2.27. The van der Waals surface area contributed by atoms with Gasteiger partial charge in [-0.05, 0) is 0 Å². The lowest BCUT2D eigenvalue weighted by Gasteiger charge is -2.31. The van der Waals surface area contributed by atoms with Crippen LogP contribution >= 0.6 is 0 Å². The van der Waals surface area contributed by atoms with Gasteiger partial charge in [-0.1, -0.05) is 0 Å². The van der Waals surface area contributed by atoms with Gasteiger partial charge < -0.3 is 14.7 Å². The molecule has 0 radical (unpaired) electrons. The molecule has 72 valence electrons. The first-order valence-electron chi connectivity index (χ1n) is 4.30. The van der Waals surface area contributed by atoms with Gasteiger partial charge in [0.25, 0.3) is 0 Å². The molecule has 2 aliphatic rings. The first kappa shape index (κ1) is 8.50. The van der Waals surface area contributed by atoms with Gasteiger partial charge in [0, 0.05) is 13.0 Å². The quantitative estimate of drug-likeness (QED) is 0.587. The molecule has 2 heterocycles. The zero-order valence-corrected chi connectivity index (χ0v) is 7.10. The van der Waals surface area contributed by atoms with E-state index in [1.807, 2.05) is 0 Å². The molecule has 0 aliphatic carbocycles. The Bertz CT molecular complexity index is 253. The first-order valence-corrected chi connectivity index (χ1v) is 4.30. The van der Waals surface area contributed by atoms with E-state index in [0.29, 0.717) is 19.8 Å². The van der Waals surface area contributed by atoms with Crippen LogP contribution < -0.4 is 0 Å². The molecule has 5 nitrogen and oxygen atoms in total. The number of aliphatic carboxylic acids is 1. The number of carboxylic acid groups (broad SMARTS) is 1. The minimum Gasteiger partial charge on any atom is -0.481 e. The minimum absolute atomic E-state index is 0.0549. The van der Waals surface area contributed by atoms with Crippen molar-refractivity contribution in [2.75, 3.05) is 19.8 Å². The van der Waals surface area contributed by atoms with Gasteiger partial charge in [-0.25, -0.2) is 0 Å². The molecule has 2 saturated heterocycles. The number of carbonyl (C=O) groups is 2. The van der Waals surface area contributed by atoms with Crippen molar-refractivity contribution in [2.24, 2.45) is 5.92 Å². The standard InChI is InChI=1S/C8H11NO4/c10-7-3-5(8(11)12)6-4-13-2-1-9(6)7/h5-6H,1-4H2,(H,11,12). The van der Waals surface area contributed by atoms with Gasteiger partial charge in [0.05, 0.1) is 25.2 Å². The van der Waals surface area contributed by atoms with Gasteiger partial charge in [-0.2, -0.15) is 0 Å². The summed E-state index contributed by atoms with van der Waals surface area (Å²) in [5.41, 5.74) is 0. The van der Waals surface area contributed by atoms with E-state index in [-0.39, 0.29) is 18.4 Å². The zero-order chi connectivity index (χ0) is 9.42. The van der Waals surface area contributed by atoms with E-state index in [1.165, 1.54) is 0 Å². The summed E-state index contributed by atoms with van der Waals surface area (Å²) < 4.78 is 5.15. The second kappa shape index (κ2) is 2.99. The molecule has 0 spiro atoms. The molecule has 13 heavy (non-hydrogen) atoms. The SMILES string of the molecule is O=C(O)C1CC(=O)N2CCOCC12. The number of ether oxygens (including phenoxy) is 1. The second-order valence-corrected chi connectivity index (χ2v) is 3.38. The van der Waals surface area contributed by atoms with Crippen LogP contribution in [0.15, 0.2) is 0 Å². The number of morpholine rings is 1. The van der Waals surface area contributed by atoms with Crippen molar-refractivity contribution >= 4 is 11.9 Å². The molecular formula is C8H11NO4. The Balaban J connectivity index is 2.17. The van der Waals surface area contributed by atoms with Crippen molar-refractivity contribution in [1.82, 2.24) is 4.90 Å². The number of hydrogen-bond donors (Lipinski definition) is 1. The topological polar surface area (TPSA) is 66.8 Å². The van der Waals surface area contributed by atoms with Gasteiger partial charge in [0.1, 0.15) is 0 Å². The molecule has 2 fully saturated rings. The molecule has 2 rings (SSSR count). The van der Waals surface area contributed by atoms with Crippen LogP contribution in [0.5, 0.6) is 0 Å². The van der Waals surface area contributed by atoms with Gasteiger partial charge in [-0.3, -0.25) is 9.59 Å². The number of carbonyl (C=O) groups excluding carboxylic acids is 1. The van der Waals surface area contributed by atoms with Crippen molar-refractivity contribution in [1.29, 1.82) is 0 Å². The Kier molecular flexibility index (Phi) is 1.95. The van der Waals surface area contributed by atoms with Crippen LogP contribution in [0.2, 0.25) is 0 Å². The normalized spacial score (nSPS) is 33.2. The van der Waals surface area contributed by atoms with Crippen molar-refractivity contribution < 1.29 is 19.4 Å². The number of amides is 1. The van der Waals surface area contributed by atoms with Gasteiger partial charge in [0.15, 0.2) is 0 Å². The average molecular weight is 185 g/mol. The summed E-state index contributed by atoms with van der Waals surface area (Å²) in [6.07, 6.45) is 0.128. The predicted molar refractivity (Wildman–Crippen MR) is 42.1 cm³/mol. The van der Waals surface area contributed by atoms with E-state index in [4.69, 9.17) is 9.84 Å². The Morgan fingerprint density at radius 1 is 1.62 bits per heavy atom. The van der Waals surface area contributed by atoms with Crippen LogP contribution in [0.1, 0.15) is 6.42 Å². The monoisotopic (exact) mass is 185 g/mol. The van der Waals surface area contributed by atoms with Gasteiger partial charge in [0.2, 0.25) is 5.91 Å². The minimum atomic E-state index is -0.897. The van der Waals surface area contributed by atoms with Crippen molar-refractivity contribution in [3.63, 3.8) is 0 Å². The summed E-state index contributed by atoms with van der Waals surface area (Å²) in [7, 11) is 0. The molecule has 2 atom stereocenters. The molecule has 0 aromatic rings. The third kappa shape index (κ3) is 1.29. The Labute approximate surface area is 75.3 Å². The van der Waals surface area contributed by atoms with Gasteiger partial charge in [-0.15, -0.1) is 0 Å². The fraction of sp³-hybridized carbons (Fsp3) is 0.750. The van der Waals surface area contributed by atoms with Crippen molar-refractivity contribution in [3.05, 3.63) is 0 Å². The lowest BCUT2D eigenvalue weighted by molar-refractivity contribution is -0.144. The molecule has 1 N–H and O–H groups in total. The summed E-state index contributed by atoms with van der Waals surface area (Å²) in [5.74, 6) is -1.53. The third-order valence-corrected chi connectivity index (χ3v) is 2.66.